The van der Waals surface area contributed by atoms with Crippen molar-refractivity contribution in [3.8, 4) is 10.6 Å². The van der Waals surface area contributed by atoms with E-state index in [1.54, 1.807) is 22.7 Å². The van der Waals surface area contributed by atoms with E-state index in [0.717, 1.165) is 35.7 Å². The van der Waals surface area contributed by atoms with E-state index in [1.165, 1.54) is 12.8 Å². The summed E-state index contributed by atoms with van der Waals surface area (Å²) in [6, 6.07) is 2.35. The Morgan fingerprint density at radius 2 is 2.26 bits per heavy atom. The summed E-state index contributed by atoms with van der Waals surface area (Å²) >= 11 is 3.29. The fourth-order valence-electron chi connectivity index (χ4n) is 3.57. The summed E-state index contributed by atoms with van der Waals surface area (Å²) in [6.45, 7) is 1.39. The van der Waals surface area contributed by atoms with E-state index in [9.17, 15) is 4.79 Å². The van der Waals surface area contributed by atoms with Crippen molar-refractivity contribution in [2.45, 2.75) is 44.2 Å². The molecule has 122 valence electrons. The summed E-state index contributed by atoms with van der Waals surface area (Å²) < 4.78 is 5.86. The highest BCUT2D eigenvalue weighted by Crippen LogP contribution is 2.30. The van der Waals surface area contributed by atoms with Crippen LogP contribution in [0.25, 0.3) is 10.6 Å². The number of thiazole rings is 1. The summed E-state index contributed by atoms with van der Waals surface area (Å²) in [7, 11) is 0. The number of fused-ring (bicyclic) bond motifs is 1. The molecule has 1 saturated heterocycles. The van der Waals surface area contributed by atoms with Gasteiger partial charge >= 0.3 is 0 Å². The maximum Gasteiger partial charge on any atom is 0.229 e. The average molecular weight is 348 g/mol. The van der Waals surface area contributed by atoms with Crippen LogP contribution >= 0.6 is 22.7 Å². The summed E-state index contributed by atoms with van der Waals surface area (Å²) in [6.07, 6.45) is 5.25. The molecule has 1 aliphatic carbocycles. The molecule has 6 heteroatoms. The number of morpholine rings is 1. The van der Waals surface area contributed by atoms with Gasteiger partial charge in [-0.25, -0.2) is 4.98 Å². The van der Waals surface area contributed by atoms with Gasteiger partial charge in [0.25, 0.3) is 0 Å². The number of rotatable bonds is 3. The lowest BCUT2D eigenvalue weighted by Crippen LogP contribution is -2.55. The molecule has 0 radical (unpaired) electrons. The van der Waals surface area contributed by atoms with Crippen molar-refractivity contribution in [1.82, 2.24) is 9.88 Å². The van der Waals surface area contributed by atoms with Crippen LogP contribution in [0.5, 0.6) is 0 Å². The molecular weight excluding hydrogens is 328 g/mol. The van der Waals surface area contributed by atoms with E-state index in [1.807, 2.05) is 5.38 Å². The first kappa shape index (κ1) is 15.3. The predicted octanol–water partition coefficient (Wildman–Crippen LogP) is 3.58. The summed E-state index contributed by atoms with van der Waals surface area (Å²) in [5.41, 5.74) is 2.04. The van der Waals surface area contributed by atoms with Crippen molar-refractivity contribution in [1.29, 1.82) is 0 Å². The molecule has 23 heavy (non-hydrogen) atoms. The van der Waals surface area contributed by atoms with E-state index < -0.39 is 0 Å². The smallest absolute Gasteiger partial charge is 0.229 e. The van der Waals surface area contributed by atoms with Gasteiger partial charge in [0.2, 0.25) is 5.91 Å². The first-order chi connectivity index (χ1) is 11.3. The molecular formula is C17H20N2O2S2. The summed E-state index contributed by atoms with van der Waals surface area (Å²) in [5, 5.41) is 7.17. The number of ether oxygens (including phenoxy) is 1. The topological polar surface area (TPSA) is 42.4 Å². The quantitative estimate of drug-likeness (QED) is 0.851. The number of amides is 1. The number of carbonyl (C=O) groups excluding carboxylic acids is 1. The van der Waals surface area contributed by atoms with Crippen molar-refractivity contribution < 1.29 is 9.53 Å². The minimum absolute atomic E-state index is 0.201. The van der Waals surface area contributed by atoms with Crippen molar-refractivity contribution in [3.63, 3.8) is 0 Å². The normalized spacial score (nSPS) is 24.4. The lowest BCUT2D eigenvalue weighted by Gasteiger charge is -2.43. The van der Waals surface area contributed by atoms with Crippen LogP contribution in [0.15, 0.2) is 22.2 Å². The predicted molar refractivity (Wildman–Crippen MR) is 92.8 cm³/mol. The third-order valence-corrected chi connectivity index (χ3v) is 6.33. The Hall–Kier alpha value is -1.24. The number of hydrogen-bond acceptors (Lipinski definition) is 5. The van der Waals surface area contributed by atoms with E-state index in [0.29, 0.717) is 13.0 Å². The van der Waals surface area contributed by atoms with Gasteiger partial charge in [-0.05, 0) is 24.3 Å². The zero-order valence-corrected chi connectivity index (χ0v) is 14.6. The molecule has 2 aromatic heterocycles. The number of thiophene rings is 1. The molecule has 1 aliphatic heterocycles. The van der Waals surface area contributed by atoms with E-state index in [-0.39, 0.29) is 18.1 Å². The molecule has 2 unspecified atom stereocenters. The second-order valence-electron chi connectivity index (χ2n) is 6.18. The number of hydrogen-bond donors (Lipinski definition) is 0. The molecule has 4 nitrogen and oxygen atoms in total. The lowest BCUT2D eigenvalue weighted by atomic mass is 9.90. The fourth-order valence-corrected chi connectivity index (χ4v) is 5.10. The van der Waals surface area contributed by atoms with Crippen LogP contribution in [-0.4, -0.2) is 41.1 Å². The van der Waals surface area contributed by atoms with Crippen LogP contribution in [0.3, 0.4) is 0 Å². The summed E-state index contributed by atoms with van der Waals surface area (Å²) in [4.78, 5) is 19.4. The van der Waals surface area contributed by atoms with Gasteiger partial charge in [-0.1, -0.05) is 12.8 Å². The zero-order valence-electron chi connectivity index (χ0n) is 12.9. The van der Waals surface area contributed by atoms with Gasteiger partial charge in [-0.3, -0.25) is 4.79 Å². The van der Waals surface area contributed by atoms with E-state index in [2.05, 4.69) is 26.7 Å². The monoisotopic (exact) mass is 348 g/mol. The van der Waals surface area contributed by atoms with Gasteiger partial charge in [-0.15, -0.1) is 11.3 Å². The van der Waals surface area contributed by atoms with Gasteiger partial charge in [0, 0.05) is 22.9 Å². The Bertz CT molecular complexity index is 666. The van der Waals surface area contributed by atoms with Crippen molar-refractivity contribution >= 4 is 28.6 Å². The van der Waals surface area contributed by atoms with E-state index >= 15 is 0 Å². The highest BCUT2D eigenvalue weighted by Gasteiger charge is 2.36. The van der Waals surface area contributed by atoms with Gasteiger partial charge in [0.05, 0.1) is 30.9 Å². The van der Waals surface area contributed by atoms with Crippen LogP contribution in [0, 0.1) is 0 Å². The number of aromatic nitrogens is 1. The fraction of sp³-hybridized carbons (Fsp3) is 0.529. The Kier molecular flexibility index (Phi) is 4.46. The van der Waals surface area contributed by atoms with Gasteiger partial charge in [0.15, 0.2) is 0 Å². The molecule has 3 heterocycles. The third kappa shape index (κ3) is 3.20. The van der Waals surface area contributed by atoms with Crippen molar-refractivity contribution in [2.75, 3.05) is 13.2 Å². The Labute approximate surface area is 144 Å². The van der Waals surface area contributed by atoms with Crippen molar-refractivity contribution in [2.24, 2.45) is 0 Å². The second kappa shape index (κ2) is 6.71. The molecule has 4 rings (SSSR count). The highest BCUT2D eigenvalue weighted by atomic mass is 32.1. The van der Waals surface area contributed by atoms with Crippen LogP contribution in [-0.2, 0) is 16.0 Å². The number of nitrogens with zero attached hydrogens (tertiary/aromatic N) is 2. The molecule has 2 atom stereocenters. The van der Waals surface area contributed by atoms with Crippen LogP contribution in [0.2, 0.25) is 0 Å². The molecule has 0 N–H and O–H groups in total. The minimum Gasteiger partial charge on any atom is -0.374 e. The Morgan fingerprint density at radius 3 is 3.13 bits per heavy atom. The molecule has 1 saturated carbocycles. The molecule has 0 spiro atoms. The van der Waals surface area contributed by atoms with Gasteiger partial charge in [-0.2, -0.15) is 11.3 Å². The Balaban J connectivity index is 1.45. The van der Waals surface area contributed by atoms with E-state index in [4.69, 9.17) is 4.74 Å². The van der Waals surface area contributed by atoms with Gasteiger partial charge < -0.3 is 9.64 Å². The molecule has 2 fully saturated rings. The SMILES string of the molecule is O=C(Cc1csc(-c2ccsc2)n1)N1CCOC2CCCCC21. The van der Waals surface area contributed by atoms with Gasteiger partial charge in [0.1, 0.15) is 5.01 Å². The highest BCUT2D eigenvalue weighted by molar-refractivity contribution is 7.14. The number of carbonyl (C=O) groups is 1. The molecule has 2 aliphatic rings. The van der Waals surface area contributed by atoms with Crippen LogP contribution in [0.1, 0.15) is 31.4 Å². The zero-order chi connectivity index (χ0) is 15.6. The average Bonchev–Trinajstić information content (AvgIpc) is 3.25. The maximum absolute atomic E-state index is 12.8. The minimum atomic E-state index is 0.201. The molecule has 0 aromatic carbocycles. The maximum atomic E-state index is 12.8. The first-order valence-electron chi connectivity index (χ1n) is 8.19. The summed E-state index contributed by atoms with van der Waals surface area (Å²) in [5.74, 6) is 0.201. The molecule has 1 amide bonds. The molecule has 2 aromatic rings. The molecule has 0 bridgehead atoms. The standard InChI is InChI=1S/C17H20N2O2S2/c20-16(19-6-7-21-15-4-2-1-3-14(15)19)9-13-11-23-17(18-13)12-5-8-22-10-12/h5,8,10-11,14-15H,1-4,6-7,9H2. The first-order valence-corrected chi connectivity index (χ1v) is 10.0. The van der Waals surface area contributed by atoms with Crippen LogP contribution < -0.4 is 0 Å². The van der Waals surface area contributed by atoms with Crippen LogP contribution in [0.4, 0.5) is 0 Å². The lowest BCUT2D eigenvalue weighted by molar-refractivity contribution is -0.148. The third-order valence-electron chi connectivity index (χ3n) is 4.70. The largest absolute Gasteiger partial charge is 0.374 e. The Morgan fingerprint density at radius 1 is 1.35 bits per heavy atom. The second-order valence-corrected chi connectivity index (χ2v) is 7.82. The van der Waals surface area contributed by atoms with Crippen molar-refractivity contribution in [3.05, 3.63) is 27.9 Å².